The normalized spacial score (nSPS) is 11.7. The summed E-state index contributed by atoms with van der Waals surface area (Å²) in [6, 6.07) is 11.8. The SMILES string of the molecule is CN=C(NCc1ccc(OC)c(NC(C)=O)c1)NCC(C)Oc1ccccc1F.I. The molecule has 2 rings (SSSR count). The van der Waals surface area contributed by atoms with E-state index < -0.39 is 5.82 Å². The molecule has 0 aliphatic rings. The number of rotatable bonds is 8. The Labute approximate surface area is 193 Å². The number of carbonyl (C=O) groups excluding carboxylic acids is 1. The van der Waals surface area contributed by atoms with Crippen molar-refractivity contribution >= 4 is 41.5 Å². The number of benzene rings is 2. The molecular weight excluding hydrogens is 502 g/mol. The second-order valence-corrected chi connectivity index (χ2v) is 6.38. The summed E-state index contributed by atoms with van der Waals surface area (Å²) in [4.78, 5) is 15.5. The number of hydrogen-bond acceptors (Lipinski definition) is 4. The Balaban J connectivity index is 0.00000450. The molecule has 2 aromatic carbocycles. The van der Waals surface area contributed by atoms with E-state index in [4.69, 9.17) is 9.47 Å². The van der Waals surface area contributed by atoms with Gasteiger partial charge in [-0.25, -0.2) is 4.39 Å². The van der Waals surface area contributed by atoms with E-state index in [0.29, 0.717) is 30.5 Å². The topological polar surface area (TPSA) is 84.0 Å². The monoisotopic (exact) mass is 530 g/mol. The molecule has 0 radical (unpaired) electrons. The molecule has 0 saturated heterocycles. The van der Waals surface area contributed by atoms with Gasteiger partial charge in [-0.3, -0.25) is 9.79 Å². The molecule has 3 N–H and O–H groups in total. The van der Waals surface area contributed by atoms with E-state index in [-0.39, 0.29) is 41.7 Å². The number of amides is 1. The van der Waals surface area contributed by atoms with Crippen LogP contribution in [0.15, 0.2) is 47.5 Å². The molecule has 164 valence electrons. The molecule has 0 bridgehead atoms. The molecule has 0 aromatic heterocycles. The number of anilines is 1. The Morgan fingerprint density at radius 2 is 1.90 bits per heavy atom. The first-order valence-electron chi connectivity index (χ1n) is 9.23. The zero-order valence-corrected chi connectivity index (χ0v) is 19.8. The van der Waals surface area contributed by atoms with Gasteiger partial charge in [-0.2, -0.15) is 0 Å². The van der Waals surface area contributed by atoms with Crippen molar-refractivity contribution in [1.29, 1.82) is 0 Å². The maximum absolute atomic E-state index is 13.7. The van der Waals surface area contributed by atoms with Crippen molar-refractivity contribution in [2.45, 2.75) is 26.5 Å². The number of ether oxygens (including phenoxy) is 2. The van der Waals surface area contributed by atoms with Crippen LogP contribution < -0.4 is 25.4 Å². The lowest BCUT2D eigenvalue weighted by molar-refractivity contribution is -0.114. The number of nitrogens with one attached hydrogen (secondary N) is 3. The van der Waals surface area contributed by atoms with E-state index in [0.717, 1.165) is 5.56 Å². The van der Waals surface area contributed by atoms with E-state index in [1.54, 1.807) is 38.4 Å². The number of methoxy groups -OCH3 is 1. The summed E-state index contributed by atoms with van der Waals surface area (Å²) in [6.07, 6.45) is -0.266. The molecule has 30 heavy (non-hydrogen) atoms. The Morgan fingerprint density at radius 3 is 2.53 bits per heavy atom. The number of hydrogen-bond donors (Lipinski definition) is 3. The van der Waals surface area contributed by atoms with Crippen LogP contribution in [-0.4, -0.2) is 38.7 Å². The second-order valence-electron chi connectivity index (χ2n) is 6.38. The van der Waals surface area contributed by atoms with Gasteiger partial charge < -0.3 is 25.4 Å². The highest BCUT2D eigenvalue weighted by Crippen LogP contribution is 2.25. The van der Waals surface area contributed by atoms with Gasteiger partial charge in [0.2, 0.25) is 5.91 Å². The second kappa shape index (κ2) is 12.9. The first kappa shape index (κ1) is 25.5. The van der Waals surface area contributed by atoms with Crippen molar-refractivity contribution in [3.63, 3.8) is 0 Å². The summed E-state index contributed by atoms with van der Waals surface area (Å²) < 4.78 is 24.5. The third-order valence-electron chi connectivity index (χ3n) is 3.98. The first-order chi connectivity index (χ1) is 13.9. The van der Waals surface area contributed by atoms with Crippen LogP contribution in [0.3, 0.4) is 0 Å². The smallest absolute Gasteiger partial charge is 0.221 e. The van der Waals surface area contributed by atoms with Crippen LogP contribution in [0.5, 0.6) is 11.5 Å². The minimum absolute atomic E-state index is 0. The van der Waals surface area contributed by atoms with Crippen LogP contribution in [0, 0.1) is 5.82 Å². The van der Waals surface area contributed by atoms with Gasteiger partial charge in [0.25, 0.3) is 0 Å². The molecular formula is C21H28FIN4O3. The lowest BCUT2D eigenvalue weighted by atomic mass is 10.2. The van der Waals surface area contributed by atoms with Crippen LogP contribution >= 0.6 is 24.0 Å². The third-order valence-corrected chi connectivity index (χ3v) is 3.98. The molecule has 0 spiro atoms. The molecule has 1 atom stereocenters. The largest absolute Gasteiger partial charge is 0.495 e. The van der Waals surface area contributed by atoms with Crippen molar-refractivity contribution in [2.75, 3.05) is 26.0 Å². The van der Waals surface area contributed by atoms with Gasteiger partial charge in [0.15, 0.2) is 17.5 Å². The molecule has 2 aromatic rings. The fourth-order valence-electron chi connectivity index (χ4n) is 2.60. The van der Waals surface area contributed by atoms with Gasteiger partial charge >= 0.3 is 0 Å². The molecule has 7 nitrogen and oxygen atoms in total. The first-order valence-corrected chi connectivity index (χ1v) is 9.23. The highest BCUT2D eigenvalue weighted by Gasteiger charge is 2.10. The Morgan fingerprint density at radius 1 is 1.17 bits per heavy atom. The molecule has 0 aliphatic carbocycles. The summed E-state index contributed by atoms with van der Waals surface area (Å²) in [6.45, 7) is 4.21. The Kier molecular flexibility index (Phi) is 10.9. The predicted octanol–water partition coefficient (Wildman–Crippen LogP) is 3.54. The van der Waals surface area contributed by atoms with Crippen molar-refractivity contribution in [1.82, 2.24) is 10.6 Å². The molecule has 1 amide bonds. The van der Waals surface area contributed by atoms with Gasteiger partial charge in [-0.1, -0.05) is 18.2 Å². The maximum atomic E-state index is 13.7. The number of carbonyl (C=O) groups is 1. The third kappa shape index (κ3) is 8.05. The number of guanidine groups is 1. The average molecular weight is 530 g/mol. The average Bonchev–Trinajstić information content (AvgIpc) is 2.69. The van der Waals surface area contributed by atoms with E-state index in [2.05, 4.69) is 20.9 Å². The lowest BCUT2D eigenvalue weighted by Gasteiger charge is -2.18. The fraction of sp³-hybridized carbons (Fsp3) is 0.333. The van der Waals surface area contributed by atoms with Gasteiger partial charge in [0, 0.05) is 20.5 Å². The van der Waals surface area contributed by atoms with Crippen LogP contribution in [0.25, 0.3) is 0 Å². The number of halogens is 2. The molecule has 0 saturated carbocycles. The lowest BCUT2D eigenvalue weighted by Crippen LogP contribution is -2.41. The molecule has 0 fully saturated rings. The van der Waals surface area contributed by atoms with E-state index in [1.807, 2.05) is 19.1 Å². The van der Waals surface area contributed by atoms with Crippen molar-refractivity contribution in [2.24, 2.45) is 4.99 Å². The van der Waals surface area contributed by atoms with Gasteiger partial charge in [-0.05, 0) is 36.8 Å². The van der Waals surface area contributed by atoms with Crippen molar-refractivity contribution in [3.05, 3.63) is 53.8 Å². The fourth-order valence-corrected chi connectivity index (χ4v) is 2.60. The van der Waals surface area contributed by atoms with Gasteiger partial charge in [0.05, 0.1) is 19.3 Å². The maximum Gasteiger partial charge on any atom is 0.221 e. The van der Waals surface area contributed by atoms with Gasteiger partial charge in [0.1, 0.15) is 11.9 Å². The summed E-state index contributed by atoms with van der Waals surface area (Å²) in [5.41, 5.74) is 1.54. The molecule has 1 unspecified atom stereocenters. The van der Waals surface area contributed by atoms with E-state index in [1.165, 1.54) is 13.0 Å². The van der Waals surface area contributed by atoms with E-state index in [9.17, 15) is 9.18 Å². The Bertz CT molecular complexity index is 864. The molecule has 0 heterocycles. The highest BCUT2D eigenvalue weighted by atomic mass is 127. The standard InChI is InChI=1S/C21H27FN4O3.HI/c1-14(29-19-8-6-5-7-17(19)22)12-24-21(23-3)25-13-16-9-10-20(28-4)18(11-16)26-15(2)27;/h5-11,14H,12-13H2,1-4H3,(H,26,27)(H2,23,24,25);1H. The summed E-state index contributed by atoms with van der Waals surface area (Å²) >= 11 is 0. The summed E-state index contributed by atoms with van der Waals surface area (Å²) in [7, 11) is 3.21. The van der Waals surface area contributed by atoms with Crippen molar-refractivity contribution < 1.29 is 18.7 Å². The highest BCUT2D eigenvalue weighted by molar-refractivity contribution is 14.0. The molecule has 0 aliphatic heterocycles. The summed E-state index contributed by atoms with van der Waals surface area (Å²) in [5, 5.41) is 9.09. The number of para-hydroxylation sites is 1. The quantitative estimate of drug-likeness (QED) is 0.276. The van der Waals surface area contributed by atoms with Gasteiger partial charge in [-0.15, -0.1) is 24.0 Å². The van der Waals surface area contributed by atoms with Crippen LogP contribution in [0.4, 0.5) is 10.1 Å². The minimum atomic E-state index is -0.392. The van der Waals surface area contributed by atoms with Crippen LogP contribution in [-0.2, 0) is 11.3 Å². The van der Waals surface area contributed by atoms with Crippen LogP contribution in [0.2, 0.25) is 0 Å². The van der Waals surface area contributed by atoms with Crippen molar-refractivity contribution in [3.8, 4) is 11.5 Å². The summed E-state index contributed by atoms with van der Waals surface area (Å²) in [5.74, 6) is 0.816. The van der Waals surface area contributed by atoms with E-state index >= 15 is 0 Å². The zero-order chi connectivity index (χ0) is 21.2. The number of nitrogens with zero attached hydrogens (tertiary/aromatic N) is 1. The number of aliphatic imine (C=N–C) groups is 1. The minimum Gasteiger partial charge on any atom is -0.495 e. The predicted molar refractivity (Wildman–Crippen MR) is 127 cm³/mol. The van der Waals surface area contributed by atoms with Crippen LogP contribution in [0.1, 0.15) is 19.4 Å². The zero-order valence-electron chi connectivity index (χ0n) is 17.5. The Hall–Kier alpha value is -2.56. The molecule has 9 heteroatoms.